The molecule has 0 saturated heterocycles. The van der Waals surface area contributed by atoms with Gasteiger partial charge in [-0.1, -0.05) is 12.1 Å². The van der Waals surface area contributed by atoms with Crippen molar-refractivity contribution in [2.45, 2.75) is 49.5 Å². The van der Waals surface area contributed by atoms with Gasteiger partial charge < -0.3 is 9.64 Å². The first-order valence-electron chi connectivity index (χ1n) is 9.51. The second kappa shape index (κ2) is 8.45. The molecule has 152 valence electrons. The van der Waals surface area contributed by atoms with Gasteiger partial charge in [0, 0.05) is 25.8 Å². The predicted molar refractivity (Wildman–Crippen MR) is 104 cm³/mol. The lowest BCUT2D eigenvalue weighted by Crippen LogP contribution is -2.36. The van der Waals surface area contributed by atoms with Gasteiger partial charge in [-0.2, -0.15) is 0 Å². The lowest BCUT2D eigenvalue weighted by atomic mass is 10.0. The maximum Gasteiger partial charge on any atom is 0.338 e. The Morgan fingerprint density at radius 1 is 1.18 bits per heavy atom. The molecular weight excluding hydrogens is 380 g/mol. The Kier molecular flexibility index (Phi) is 6.20. The van der Waals surface area contributed by atoms with Crippen LogP contribution in [-0.2, 0) is 19.6 Å². The average molecular weight is 407 g/mol. The van der Waals surface area contributed by atoms with Gasteiger partial charge >= 0.3 is 5.97 Å². The summed E-state index contributed by atoms with van der Waals surface area (Å²) < 4.78 is 30.7. The van der Waals surface area contributed by atoms with Crippen LogP contribution in [0.2, 0.25) is 0 Å². The normalized spacial score (nSPS) is 17.2. The van der Waals surface area contributed by atoms with Crippen molar-refractivity contribution in [1.82, 2.24) is 9.21 Å². The van der Waals surface area contributed by atoms with E-state index < -0.39 is 16.0 Å². The number of carbonyl (C=O) groups excluding carboxylic acids is 2. The molecule has 2 aliphatic carbocycles. The highest BCUT2D eigenvalue weighted by molar-refractivity contribution is 7.89. The van der Waals surface area contributed by atoms with Crippen molar-refractivity contribution in [3.05, 3.63) is 41.6 Å². The highest BCUT2D eigenvalue weighted by atomic mass is 32.2. The Hall–Kier alpha value is -2.19. The Labute approximate surface area is 166 Å². The molecule has 28 heavy (non-hydrogen) atoms. The largest absolute Gasteiger partial charge is 0.452 e. The van der Waals surface area contributed by atoms with Crippen LogP contribution < -0.4 is 0 Å². The number of nitrogens with zero attached hydrogens (tertiary/aromatic N) is 2. The summed E-state index contributed by atoms with van der Waals surface area (Å²) >= 11 is 0. The van der Waals surface area contributed by atoms with Gasteiger partial charge in [0.25, 0.3) is 5.91 Å². The topological polar surface area (TPSA) is 84.0 Å². The van der Waals surface area contributed by atoms with E-state index in [-0.39, 0.29) is 29.0 Å². The van der Waals surface area contributed by atoms with Gasteiger partial charge in [0.05, 0.1) is 10.5 Å². The summed E-state index contributed by atoms with van der Waals surface area (Å²) in [6.07, 6.45) is 8.10. The molecule has 3 rings (SSSR count). The molecule has 7 nitrogen and oxygen atoms in total. The smallest absolute Gasteiger partial charge is 0.338 e. The third-order valence-corrected chi connectivity index (χ3v) is 6.74. The molecule has 0 bridgehead atoms. The molecule has 2 aliphatic rings. The summed E-state index contributed by atoms with van der Waals surface area (Å²) in [6, 6.07) is 5.86. The number of allylic oxidation sites excluding steroid dienone is 2. The van der Waals surface area contributed by atoms with Crippen molar-refractivity contribution in [3.8, 4) is 0 Å². The van der Waals surface area contributed by atoms with Gasteiger partial charge in [0.1, 0.15) is 0 Å². The van der Waals surface area contributed by atoms with Crippen LogP contribution in [-0.4, -0.2) is 56.2 Å². The summed E-state index contributed by atoms with van der Waals surface area (Å²) in [7, 11) is -0.808. The number of hydrogen-bond donors (Lipinski definition) is 0. The van der Waals surface area contributed by atoms with Crippen LogP contribution in [0.4, 0.5) is 0 Å². The van der Waals surface area contributed by atoms with E-state index in [0.717, 1.165) is 48.5 Å². The Morgan fingerprint density at radius 3 is 2.54 bits per heavy atom. The zero-order valence-corrected chi connectivity index (χ0v) is 17.1. The fourth-order valence-electron chi connectivity index (χ4n) is 3.25. The second-order valence-corrected chi connectivity index (χ2v) is 9.48. The van der Waals surface area contributed by atoms with Crippen LogP contribution >= 0.6 is 0 Å². The van der Waals surface area contributed by atoms with Gasteiger partial charge in [-0.25, -0.2) is 17.5 Å². The van der Waals surface area contributed by atoms with Crippen LogP contribution in [0.25, 0.3) is 0 Å². The highest BCUT2D eigenvalue weighted by Gasteiger charge is 2.35. The van der Waals surface area contributed by atoms with Crippen molar-refractivity contribution >= 4 is 21.9 Å². The SMILES string of the molecule is CN(C)S(=O)(=O)c1cccc(C(=O)OCC(=O)N(C2=CCCCC2)C2CC2)c1. The Morgan fingerprint density at radius 2 is 1.93 bits per heavy atom. The molecule has 8 heteroatoms. The first-order valence-corrected chi connectivity index (χ1v) is 11.0. The molecular formula is C20H26N2O5S. The zero-order valence-electron chi connectivity index (χ0n) is 16.3. The van der Waals surface area contributed by atoms with E-state index in [1.54, 1.807) is 4.90 Å². The van der Waals surface area contributed by atoms with E-state index in [4.69, 9.17) is 4.74 Å². The number of ether oxygens (including phenoxy) is 1. The summed E-state index contributed by atoms with van der Waals surface area (Å²) in [5.74, 6) is -0.932. The molecule has 0 spiro atoms. The number of sulfonamides is 1. The third-order valence-electron chi connectivity index (χ3n) is 4.93. The number of amides is 1. The number of rotatable bonds is 7. The van der Waals surface area contributed by atoms with Crippen LogP contribution in [0, 0.1) is 0 Å². The number of esters is 1. The van der Waals surface area contributed by atoms with Crippen molar-refractivity contribution in [3.63, 3.8) is 0 Å². The molecule has 0 radical (unpaired) electrons. The summed E-state index contributed by atoms with van der Waals surface area (Å²) in [6.45, 7) is -0.350. The molecule has 1 saturated carbocycles. The maximum absolute atomic E-state index is 12.7. The molecule has 1 aromatic rings. The first kappa shape index (κ1) is 20.5. The van der Waals surface area contributed by atoms with Crippen LogP contribution in [0.5, 0.6) is 0 Å². The van der Waals surface area contributed by atoms with Crippen LogP contribution in [0.15, 0.2) is 40.9 Å². The number of benzene rings is 1. The molecule has 1 fully saturated rings. The van der Waals surface area contributed by atoms with Crippen molar-refractivity contribution in [1.29, 1.82) is 0 Å². The van der Waals surface area contributed by atoms with E-state index in [1.165, 1.54) is 38.4 Å². The van der Waals surface area contributed by atoms with Crippen molar-refractivity contribution in [2.24, 2.45) is 0 Å². The monoisotopic (exact) mass is 406 g/mol. The number of carbonyl (C=O) groups is 2. The average Bonchev–Trinajstić information content (AvgIpc) is 3.52. The second-order valence-electron chi connectivity index (χ2n) is 7.33. The summed E-state index contributed by atoms with van der Waals surface area (Å²) in [5.41, 5.74) is 1.14. The third kappa shape index (κ3) is 4.62. The Balaban J connectivity index is 1.66. The maximum atomic E-state index is 12.7. The predicted octanol–water partition coefficient (Wildman–Crippen LogP) is 2.54. The molecule has 0 atom stereocenters. The lowest BCUT2D eigenvalue weighted by molar-refractivity contribution is -0.133. The lowest BCUT2D eigenvalue weighted by Gasteiger charge is -2.27. The van der Waals surface area contributed by atoms with E-state index in [1.807, 2.05) is 0 Å². The van der Waals surface area contributed by atoms with Crippen LogP contribution in [0.3, 0.4) is 0 Å². The van der Waals surface area contributed by atoms with Crippen LogP contribution in [0.1, 0.15) is 48.9 Å². The fourth-order valence-corrected chi connectivity index (χ4v) is 4.19. The first-order chi connectivity index (χ1) is 13.3. The quantitative estimate of drug-likeness (QED) is 0.650. The molecule has 0 heterocycles. The van der Waals surface area contributed by atoms with E-state index in [9.17, 15) is 18.0 Å². The van der Waals surface area contributed by atoms with Crippen molar-refractivity contribution in [2.75, 3.05) is 20.7 Å². The minimum absolute atomic E-state index is 0.00486. The molecule has 0 unspecified atom stereocenters. The standard InChI is InChI=1S/C20H26N2O5S/c1-21(2)28(25,26)18-10-6-7-15(13-18)20(24)27-14-19(23)22(17-11-12-17)16-8-4-3-5-9-16/h6-8,10,13,17H,3-5,9,11-12,14H2,1-2H3. The molecule has 1 amide bonds. The van der Waals surface area contributed by atoms with E-state index in [2.05, 4.69) is 6.08 Å². The van der Waals surface area contributed by atoms with E-state index in [0.29, 0.717) is 0 Å². The van der Waals surface area contributed by atoms with Gasteiger partial charge in [-0.05, 0) is 56.7 Å². The van der Waals surface area contributed by atoms with Crippen molar-refractivity contribution < 1.29 is 22.7 Å². The molecule has 0 aliphatic heterocycles. The van der Waals surface area contributed by atoms with Gasteiger partial charge in [0.15, 0.2) is 6.61 Å². The zero-order chi connectivity index (χ0) is 20.3. The Bertz CT molecular complexity index is 888. The van der Waals surface area contributed by atoms with E-state index >= 15 is 0 Å². The summed E-state index contributed by atoms with van der Waals surface area (Å²) in [4.78, 5) is 26.8. The molecule has 0 aromatic heterocycles. The number of hydrogen-bond acceptors (Lipinski definition) is 5. The molecule has 0 N–H and O–H groups in total. The van der Waals surface area contributed by atoms with Gasteiger partial charge in [-0.15, -0.1) is 0 Å². The minimum Gasteiger partial charge on any atom is -0.452 e. The minimum atomic E-state index is -3.65. The van der Waals surface area contributed by atoms with Gasteiger partial charge in [0.2, 0.25) is 10.0 Å². The summed E-state index contributed by atoms with van der Waals surface area (Å²) in [5, 5.41) is 0. The fraction of sp³-hybridized carbons (Fsp3) is 0.500. The highest BCUT2D eigenvalue weighted by Crippen LogP contribution is 2.33. The van der Waals surface area contributed by atoms with Gasteiger partial charge in [-0.3, -0.25) is 4.79 Å². The molecule has 1 aromatic carbocycles.